The Morgan fingerprint density at radius 1 is 1.29 bits per heavy atom. The molecule has 1 saturated heterocycles. The number of benzene rings is 1. The number of ether oxygens (including phenoxy) is 2. The molecular formula is C17H23N3O4. The molecule has 1 atom stereocenters. The first-order valence-corrected chi connectivity index (χ1v) is 8.17. The molecule has 1 aromatic rings. The maximum absolute atomic E-state index is 12.4. The summed E-state index contributed by atoms with van der Waals surface area (Å²) in [6, 6.07) is 5.49. The number of piperidine rings is 1. The van der Waals surface area contributed by atoms with Crippen molar-refractivity contribution in [1.29, 1.82) is 0 Å². The lowest BCUT2D eigenvalue weighted by Crippen LogP contribution is -2.48. The third kappa shape index (κ3) is 3.55. The first-order valence-electron chi connectivity index (χ1n) is 8.17. The van der Waals surface area contributed by atoms with Crippen LogP contribution in [0.25, 0.3) is 0 Å². The number of amides is 3. The number of hydrogen-bond donors (Lipinski definition) is 1. The van der Waals surface area contributed by atoms with Crippen molar-refractivity contribution in [2.45, 2.75) is 19.4 Å². The Morgan fingerprint density at radius 3 is 2.88 bits per heavy atom. The minimum Gasteiger partial charge on any atom is -0.454 e. The number of nitrogens with one attached hydrogen (secondary N) is 1. The maximum atomic E-state index is 12.4. The monoisotopic (exact) mass is 333 g/mol. The van der Waals surface area contributed by atoms with E-state index < -0.39 is 0 Å². The molecule has 2 aliphatic rings. The molecule has 0 saturated carbocycles. The zero-order valence-corrected chi connectivity index (χ0v) is 14.1. The van der Waals surface area contributed by atoms with E-state index in [1.165, 1.54) is 0 Å². The van der Waals surface area contributed by atoms with E-state index in [0.717, 1.165) is 24.2 Å². The van der Waals surface area contributed by atoms with E-state index in [1.807, 2.05) is 18.2 Å². The molecule has 1 aromatic carbocycles. The second-order valence-electron chi connectivity index (χ2n) is 6.36. The summed E-state index contributed by atoms with van der Waals surface area (Å²) in [5.41, 5.74) is 0.950. The van der Waals surface area contributed by atoms with E-state index in [1.54, 1.807) is 23.9 Å². The minimum atomic E-state index is -0.135. The van der Waals surface area contributed by atoms with Crippen LogP contribution in [0.1, 0.15) is 18.4 Å². The molecule has 0 aromatic heterocycles. The average Bonchev–Trinajstić information content (AvgIpc) is 3.06. The predicted molar refractivity (Wildman–Crippen MR) is 87.8 cm³/mol. The quantitative estimate of drug-likeness (QED) is 0.908. The van der Waals surface area contributed by atoms with Gasteiger partial charge in [0.1, 0.15) is 0 Å². The van der Waals surface area contributed by atoms with Gasteiger partial charge in [0.05, 0.1) is 5.92 Å². The molecule has 7 nitrogen and oxygen atoms in total. The first kappa shape index (κ1) is 16.4. The second kappa shape index (κ2) is 6.98. The largest absolute Gasteiger partial charge is 0.454 e. The van der Waals surface area contributed by atoms with Crippen LogP contribution in [0.15, 0.2) is 18.2 Å². The van der Waals surface area contributed by atoms with E-state index in [4.69, 9.17) is 9.47 Å². The Hall–Kier alpha value is -2.44. The van der Waals surface area contributed by atoms with Crippen molar-refractivity contribution < 1.29 is 19.1 Å². The number of rotatable bonds is 3. The molecule has 1 unspecified atom stereocenters. The number of likely N-dealkylation sites (tertiary alicyclic amines) is 1. The summed E-state index contributed by atoms with van der Waals surface area (Å²) in [5.74, 6) is 1.41. The van der Waals surface area contributed by atoms with Crippen LogP contribution < -0.4 is 14.8 Å². The smallest absolute Gasteiger partial charge is 0.317 e. The van der Waals surface area contributed by atoms with Gasteiger partial charge in [0, 0.05) is 33.7 Å². The van der Waals surface area contributed by atoms with Crippen molar-refractivity contribution in [3.63, 3.8) is 0 Å². The SMILES string of the molecule is CN(C)C(=O)C1CCCN(C(=O)NCc2ccc3c(c2)OCO3)C1. The Bertz CT molecular complexity index is 632. The van der Waals surface area contributed by atoms with Crippen molar-refractivity contribution in [1.82, 2.24) is 15.1 Å². The third-order valence-electron chi connectivity index (χ3n) is 4.38. The molecule has 1 N–H and O–H groups in total. The van der Waals surface area contributed by atoms with Gasteiger partial charge in [-0.25, -0.2) is 4.79 Å². The highest BCUT2D eigenvalue weighted by molar-refractivity contribution is 5.80. The summed E-state index contributed by atoms with van der Waals surface area (Å²) in [6.45, 7) is 1.81. The fraction of sp³-hybridized carbons (Fsp3) is 0.529. The van der Waals surface area contributed by atoms with E-state index in [0.29, 0.717) is 25.4 Å². The van der Waals surface area contributed by atoms with Crippen LogP contribution in [0, 0.1) is 5.92 Å². The lowest BCUT2D eigenvalue weighted by molar-refractivity contribution is -0.134. The first-order chi connectivity index (χ1) is 11.5. The Balaban J connectivity index is 1.54. The maximum Gasteiger partial charge on any atom is 0.317 e. The summed E-state index contributed by atoms with van der Waals surface area (Å²) in [4.78, 5) is 27.8. The van der Waals surface area contributed by atoms with Crippen LogP contribution in [0.3, 0.4) is 0 Å². The lowest BCUT2D eigenvalue weighted by atomic mass is 9.97. The molecule has 0 bridgehead atoms. The fourth-order valence-electron chi connectivity index (χ4n) is 3.07. The standard InChI is InChI=1S/C17H23N3O4/c1-19(2)16(21)13-4-3-7-20(10-13)17(22)18-9-12-5-6-14-15(8-12)24-11-23-14/h5-6,8,13H,3-4,7,9-11H2,1-2H3,(H,18,22). The molecule has 0 spiro atoms. The van der Waals surface area contributed by atoms with E-state index in [9.17, 15) is 9.59 Å². The van der Waals surface area contributed by atoms with Crippen LogP contribution in [0.4, 0.5) is 4.79 Å². The molecule has 1 fully saturated rings. The Morgan fingerprint density at radius 2 is 2.08 bits per heavy atom. The van der Waals surface area contributed by atoms with Gasteiger partial charge in [0.2, 0.25) is 12.7 Å². The van der Waals surface area contributed by atoms with Gasteiger partial charge in [0.25, 0.3) is 0 Å². The van der Waals surface area contributed by atoms with Crippen molar-refractivity contribution in [3.05, 3.63) is 23.8 Å². The lowest BCUT2D eigenvalue weighted by Gasteiger charge is -2.33. The average molecular weight is 333 g/mol. The topological polar surface area (TPSA) is 71.1 Å². The summed E-state index contributed by atoms with van der Waals surface area (Å²) < 4.78 is 10.6. The molecule has 3 rings (SSSR count). The van der Waals surface area contributed by atoms with E-state index in [2.05, 4.69) is 5.32 Å². The van der Waals surface area contributed by atoms with Gasteiger partial charge in [-0.3, -0.25) is 4.79 Å². The van der Waals surface area contributed by atoms with Gasteiger partial charge < -0.3 is 24.6 Å². The zero-order chi connectivity index (χ0) is 17.1. The zero-order valence-electron chi connectivity index (χ0n) is 14.1. The van der Waals surface area contributed by atoms with Crippen molar-refractivity contribution in [2.24, 2.45) is 5.92 Å². The third-order valence-corrected chi connectivity index (χ3v) is 4.38. The van der Waals surface area contributed by atoms with Crippen LogP contribution in [-0.2, 0) is 11.3 Å². The normalized spacial score (nSPS) is 19.1. The molecule has 130 valence electrons. The van der Waals surface area contributed by atoms with Gasteiger partial charge in [0.15, 0.2) is 11.5 Å². The highest BCUT2D eigenvalue weighted by Gasteiger charge is 2.29. The molecule has 2 aliphatic heterocycles. The van der Waals surface area contributed by atoms with Crippen LogP contribution >= 0.6 is 0 Å². The molecule has 3 amide bonds. The summed E-state index contributed by atoms with van der Waals surface area (Å²) in [7, 11) is 3.50. The number of carbonyl (C=O) groups is 2. The van der Waals surface area contributed by atoms with Crippen LogP contribution in [0.5, 0.6) is 11.5 Å². The Kier molecular flexibility index (Phi) is 4.78. The van der Waals surface area contributed by atoms with E-state index >= 15 is 0 Å². The number of fused-ring (bicyclic) bond motifs is 1. The minimum absolute atomic E-state index is 0.0864. The number of hydrogen-bond acceptors (Lipinski definition) is 4. The summed E-state index contributed by atoms with van der Waals surface area (Å²) in [6.07, 6.45) is 1.69. The number of nitrogens with zero attached hydrogens (tertiary/aromatic N) is 2. The summed E-state index contributed by atoms with van der Waals surface area (Å²) >= 11 is 0. The fourth-order valence-corrected chi connectivity index (χ4v) is 3.07. The van der Waals surface area contributed by atoms with Crippen molar-refractivity contribution in [3.8, 4) is 11.5 Å². The predicted octanol–water partition coefficient (Wildman–Crippen LogP) is 1.43. The molecule has 2 heterocycles. The van der Waals surface area contributed by atoms with Crippen LogP contribution in [0.2, 0.25) is 0 Å². The van der Waals surface area contributed by atoms with Gasteiger partial charge in [-0.2, -0.15) is 0 Å². The molecule has 0 radical (unpaired) electrons. The molecule has 7 heteroatoms. The molecule has 0 aliphatic carbocycles. The van der Waals surface area contributed by atoms with Gasteiger partial charge in [-0.1, -0.05) is 6.07 Å². The Labute approximate surface area is 141 Å². The van der Waals surface area contributed by atoms with Crippen molar-refractivity contribution in [2.75, 3.05) is 34.0 Å². The highest BCUT2D eigenvalue weighted by Crippen LogP contribution is 2.32. The van der Waals surface area contributed by atoms with Gasteiger partial charge >= 0.3 is 6.03 Å². The number of carbonyl (C=O) groups excluding carboxylic acids is 2. The van der Waals surface area contributed by atoms with Gasteiger partial charge in [-0.15, -0.1) is 0 Å². The highest BCUT2D eigenvalue weighted by atomic mass is 16.7. The number of urea groups is 1. The second-order valence-corrected chi connectivity index (χ2v) is 6.36. The molecule has 24 heavy (non-hydrogen) atoms. The van der Waals surface area contributed by atoms with Crippen LogP contribution in [-0.4, -0.2) is 55.7 Å². The summed E-state index contributed by atoms with van der Waals surface area (Å²) in [5, 5.41) is 2.91. The van der Waals surface area contributed by atoms with Gasteiger partial charge in [-0.05, 0) is 30.5 Å². The molecular weight excluding hydrogens is 310 g/mol. The van der Waals surface area contributed by atoms with E-state index in [-0.39, 0.29) is 24.6 Å². The van der Waals surface area contributed by atoms with Crippen molar-refractivity contribution >= 4 is 11.9 Å².